The minimum atomic E-state index is -1.24. The van der Waals surface area contributed by atoms with Crippen molar-refractivity contribution in [2.75, 3.05) is 24.5 Å². The molecule has 0 saturated carbocycles. The molecule has 122 valence electrons. The summed E-state index contributed by atoms with van der Waals surface area (Å²) in [5, 5.41) is 11.1. The predicted octanol–water partition coefficient (Wildman–Crippen LogP) is 1.51. The SMILES string of the molecule is CCN(CC)c1ccc(C=C2NC(=O)N(CC(=O)O)C2=O)cc1. The van der Waals surface area contributed by atoms with Crippen LogP contribution in [0.25, 0.3) is 6.08 Å². The average Bonchev–Trinajstić information content (AvgIpc) is 2.77. The summed E-state index contributed by atoms with van der Waals surface area (Å²) in [4.78, 5) is 37.2. The molecular formula is C16H19N3O4. The number of urea groups is 1. The predicted molar refractivity (Wildman–Crippen MR) is 85.9 cm³/mol. The molecule has 0 unspecified atom stereocenters. The van der Waals surface area contributed by atoms with E-state index in [9.17, 15) is 14.4 Å². The smallest absolute Gasteiger partial charge is 0.329 e. The molecular weight excluding hydrogens is 298 g/mol. The summed E-state index contributed by atoms with van der Waals surface area (Å²) < 4.78 is 0. The van der Waals surface area contributed by atoms with Gasteiger partial charge in [0.15, 0.2) is 0 Å². The van der Waals surface area contributed by atoms with Gasteiger partial charge in [0, 0.05) is 18.8 Å². The lowest BCUT2D eigenvalue weighted by Gasteiger charge is -2.20. The lowest BCUT2D eigenvalue weighted by Crippen LogP contribution is -2.35. The van der Waals surface area contributed by atoms with Crippen molar-refractivity contribution < 1.29 is 19.5 Å². The number of nitrogens with zero attached hydrogens (tertiary/aromatic N) is 2. The summed E-state index contributed by atoms with van der Waals surface area (Å²) in [6.45, 7) is 5.29. The van der Waals surface area contributed by atoms with Crippen LogP contribution in [-0.4, -0.2) is 47.5 Å². The van der Waals surface area contributed by atoms with Gasteiger partial charge in [0.2, 0.25) is 0 Å². The van der Waals surface area contributed by atoms with Crippen molar-refractivity contribution >= 4 is 29.7 Å². The highest BCUT2D eigenvalue weighted by Gasteiger charge is 2.34. The second-order valence-electron chi connectivity index (χ2n) is 5.04. The molecule has 1 aromatic rings. The van der Waals surface area contributed by atoms with Crippen LogP contribution in [0.15, 0.2) is 30.0 Å². The van der Waals surface area contributed by atoms with Gasteiger partial charge in [-0.25, -0.2) is 9.69 Å². The van der Waals surface area contributed by atoms with Crippen molar-refractivity contribution in [1.82, 2.24) is 10.2 Å². The van der Waals surface area contributed by atoms with Gasteiger partial charge in [-0.1, -0.05) is 12.1 Å². The molecule has 7 nitrogen and oxygen atoms in total. The molecule has 2 N–H and O–H groups in total. The maximum atomic E-state index is 12.0. The molecule has 23 heavy (non-hydrogen) atoms. The number of carboxylic acids is 1. The number of anilines is 1. The number of rotatable bonds is 6. The van der Waals surface area contributed by atoms with E-state index in [-0.39, 0.29) is 5.70 Å². The second-order valence-corrected chi connectivity index (χ2v) is 5.04. The van der Waals surface area contributed by atoms with Gasteiger partial charge in [-0.3, -0.25) is 9.59 Å². The lowest BCUT2D eigenvalue weighted by molar-refractivity contribution is -0.140. The molecule has 3 amide bonds. The van der Waals surface area contributed by atoms with E-state index in [2.05, 4.69) is 24.1 Å². The Bertz CT molecular complexity index is 648. The van der Waals surface area contributed by atoms with Gasteiger partial charge in [0.05, 0.1) is 0 Å². The van der Waals surface area contributed by atoms with Gasteiger partial charge < -0.3 is 15.3 Å². The van der Waals surface area contributed by atoms with E-state index in [0.717, 1.165) is 24.3 Å². The average molecular weight is 317 g/mol. The first-order chi connectivity index (χ1) is 11.0. The molecule has 0 spiro atoms. The number of nitrogens with one attached hydrogen (secondary N) is 1. The molecule has 7 heteroatoms. The number of amides is 3. The molecule has 1 fully saturated rings. The Morgan fingerprint density at radius 2 is 1.83 bits per heavy atom. The number of imide groups is 1. The third-order valence-electron chi connectivity index (χ3n) is 3.59. The molecule has 0 aromatic heterocycles. The van der Waals surface area contributed by atoms with Crippen LogP contribution in [0.5, 0.6) is 0 Å². The quantitative estimate of drug-likeness (QED) is 0.613. The summed E-state index contributed by atoms with van der Waals surface area (Å²) in [7, 11) is 0. The molecule has 1 saturated heterocycles. The fourth-order valence-corrected chi connectivity index (χ4v) is 2.39. The van der Waals surface area contributed by atoms with Crippen LogP contribution in [0.4, 0.5) is 10.5 Å². The Labute approximate surface area is 134 Å². The van der Waals surface area contributed by atoms with Crippen molar-refractivity contribution in [2.24, 2.45) is 0 Å². The van der Waals surface area contributed by atoms with Crippen LogP contribution in [0.3, 0.4) is 0 Å². The second kappa shape index (κ2) is 6.95. The molecule has 1 aliphatic heterocycles. The van der Waals surface area contributed by atoms with E-state index in [1.54, 1.807) is 0 Å². The number of benzene rings is 1. The van der Waals surface area contributed by atoms with Crippen molar-refractivity contribution in [2.45, 2.75) is 13.8 Å². The highest BCUT2D eigenvalue weighted by atomic mass is 16.4. The fourth-order valence-electron chi connectivity index (χ4n) is 2.39. The fraction of sp³-hybridized carbons (Fsp3) is 0.312. The molecule has 1 aromatic carbocycles. The van der Waals surface area contributed by atoms with E-state index < -0.39 is 24.5 Å². The molecule has 0 radical (unpaired) electrons. The number of carbonyl (C=O) groups is 3. The van der Waals surface area contributed by atoms with Crippen molar-refractivity contribution in [3.63, 3.8) is 0 Å². The number of hydrogen-bond donors (Lipinski definition) is 2. The van der Waals surface area contributed by atoms with Gasteiger partial charge >= 0.3 is 12.0 Å². The van der Waals surface area contributed by atoms with E-state index in [0.29, 0.717) is 4.90 Å². The Balaban J connectivity index is 2.17. The molecule has 1 aliphatic rings. The minimum absolute atomic E-state index is 0.0758. The summed E-state index contributed by atoms with van der Waals surface area (Å²) in [6, 6.07) is 6.86. The number of hydrogen-bond acceptors (Lipinski definition) is 4. The van der Waals surface area contributed by atoms with Crippen LogP contribution in [0.1, 0.15) is 19.4 Å². The van der Waals surface area contributed by atoms with Gasteiger partial charge in [-0.2, -0.15) is 0 Å². The Hall–Kier alpha value is -2.83. The number of aliphatic carboxylic acids is 1. The molecule has 0 aliphatic carbocycles. The first-order valence-electron chi connectivity index (χ1n) is 7.37. The standard InChI is InChI=1S/C16H19N3O4/c1-3-18(4-2)12-7-5-11(6-8-12)9-13-15(22)19(10-14(20)21)16(23)17-13/h5-9H,3-4,10H2,1-2H3,(H,17,23)(H,20,21). The van der Waals surface area contributed by atoms with Gasteiger partial charge in [-0.05, 0) is 37.6 Å². The Kier molecular flexibility index (Phi) is 5.00. The van der Waals surface area contributed by atoms with Crippen LogP contribution in [0, 0.1) is 0 Å². The molecule has 1 heterocycles. The molecule has 0 bridgehead atoms. The zero-order chi connectivity index (χ0) is 17.0. The number of carboxylic acid groups (broad SMARTS) is 1. The maximum Gasteiger partial charge on any atom is 0.329 e. The monoisotopic (exact) mass is 317 g/mol. The zero-order valence-corrected chi connectivity index (χ0v) is 13.1. The van der Waals surface area contributed by atoms with Crippen LogP contribution in [0.2, 0.25) is 0 Å². The highest BCUT2D eigenvalue weighted by Crippen LogP contribution is 2.18. The molecule has 2 rings (SSSR count). The van der Waals surface area contributed by atoms with E-state index in [4.69, 9.17) is 5.11 Å². The Morgan fingerprint density at radius 1 is 1.22 bits per heavy atom. The van der Waals surface area contributed by atoms with Crippen molar-refractivity contribution in [3.8, 4) is 0 Å². The largest absolute Gasteiger partial charge is 0.480 e. The minimum Gasteiger partial charge on any atom is -0.480 e. The molecule has 0 atom stereocenters. The van der Waals surface area contributed by atoms with Gasteiger partial charge in [0.25, 0.3) is 5.91 Å². The van der Waals surface area contributed by atoms with E-state index in [1.807, 2.05) is 24.3 Å². The highest BCUT2D eigenvalue weighted by molar-refractivity contribution is 6.15. The van der Waals surface area contributed by atoms with E-state index in [1.165, 1.54) is 6.08 Å². The van der Waals surface area contributed by atoms with Crippen LogP contribution < -0.4 is 10.2 Å². The summed E-state index contributed by atoms with van der Waals surface area (Å²) in [5.41, 5.74) is 1.90. The van der Waals surface area contributed by atoms with Gasteiger partial charge in [-0.15, -0.1) is 0 Å². The third-order valence-corrected chi connectivity index (χ3v) is 3.59. The number of carbonyl (C=O) groups excluding carboxylic acids is 2. The Morgan fingerprint density at radius 3 is 2.35 bits per heavy atom. The van der Waals surface area contributed by atoms with Crippen molar-refractivity contribution in [3.05, 3.63) is 35.5 Å². The summed E-state index contributed by atoms with van der Waals surface area (Å²) in [6.07, 6.45) is 1.54. The maximum absolute atomic E-state index is 12.0. The first kappa shape index (κ1) is 16.5. The summed E-state index contributed by atoms with van der Waals surface area (Å²) in [5.74, 6) is -1.87. The van der Waals surface area contributed by atoms with E-state index >= 15 is 0 Å². The van der Waals surface area contributed by atoms with Crippen LogP contribution in [-0.2, 0) is 9.59 Å². The van der Waals surface area contributed by atoms with Crippen LogP contribution >= 0.6 is 0 Å². The lowest BCUT2D eigenvalue weighted by atomic mass is 10.1. The topological polar surface area (TPSA) is 90.0 Å². The normalized spacial score (nSPS) is 15.9. The third kappa shape index (κ3) is 3.68. The summed E-state index contributed by atoms with van der Waals surface area (Å²) >= 11 is 0. The first-order valence-corrected chi connectivity index (χ1v) is 7.37. The van der Waals surface area contributed by atoms with Gasteiger partial charge in [0.1, 0.15) is 12.2 Å². The van der Waals surface area contributed by atoms with Crippen molar-refractivity contribution in [1.29, 1.82) is 0 Å². The zero-order valence-electron chi connectivity index (χ0n) is 13.1.